The number of benzene rings is 3. The molecular formula is C24H21NO3. The van der Waals surface area contributed by atoms with E-state index in [1.54, 1.807) is 31.5 Å². The predicted octanol–water partition coefficient (Wildman–Crippen LogP) is 5.37. The summed E-state index contributed by atoms with van der Waals surface area (Å²) in [6.07, 6.45) is 4.88. The van der Waals surface area contributed by atoms with Gasteiger partial charge < -0.3 is 9.47 Å². The number of ether oxygens (including phenoxy) is 2. The molecule has 0 radical (unpaired) electrons. The first-order valence-corrected chi connectivity index (χ1v) is 8.88. The molecule has 0 amide bonds. The molecule has 0 aliphatic rings. The Hall–Kier alpha value is -3.66. The molecule has 0 saturated carbocycles. The molecule has 0 unspecified atom stereocenters. The molecule has 4 nitrogen and oxygen atoms in total. The number of aryl methyl sites for hydroxylation is 1. The van der Waals surface area contributed by atoms with Crippen molar-refractivity contribution in [3.8, 4) is 11.5 Å². The van der Waals surface area contributed by atoms with Crippen LogP contribution < -0.4 is 9.47 Å². The minimum absolute atomic E-state index is 0.422. The molecule has 0 aliphatic carbocycles. The summed E-state index contributed by atoms with van der Waals surface area (Å²) in [6, 6.07) is 22.6. The second-order valence-corrected chi connectivity index (χ2v) is 6.17. The first-order chi connectivity index (χ1) is 13.6. The van der Waals surface area contributed by atoms with E-state index in [4.69, 9.17) is 9.47 Å². The fraction of sp³-hybridized carbons (Fsp3) is 0.0833. The van der Waals surface area contributed by atoms with Gasteiger partial charge in [-0.2, -0.15) is 0 Å². The normalized spacial score (nSPS) is 11.1. The number of carbonyl (C=O) groups excluding carboxylic acids is 1. The van der Waals surface area contributed by atoms with Gasteiger partial charge >= 0.3 is 5.97 Å². The van der Waals surface area contributed by atoms with Crippen LogP contribution in [0.5, 0.6) is 11.5 Å². The Balaban J connectivity index is 1.63. The van der Waals surface area contributed by atoms with Crippen molar-refractivity contribution >= 4 is 23.9 Å². The number of hydrogen-bond donors (Lipinski definition) is 0. The van der Waals surface area contributed by atoms with Crippen LogP contribution in [0, 0.1) is 6.92 Å². The summed E-state index contributed by atoms with van der Waals surface area (Å²) in [5, 5.41) is 0. The van der Waals surface area contributed by atoms with Gasteiger partial charge in [0.1, 0.15) is 17.2 Å². The molecular weight excluding hydrogens is 350 g/mol. The summed E-state index contributed by atoms with van der Waals surface area (Å²) in [5.74, 6) is 0.778. The van der Waals surface area contributed by atoms with E-state index in [9.17, 15) is 4.79 Å². The fourth-order valence-electron chi connectivity index (χ4n) is 2.55. The molecule has 3 rings (SSSR count). The van der Waals surface area contributed by atoms with Gasteiger partial charge in [-0.1, -0.05) is 36.4 Å². The zero-order valence-corrected chi connectivity index (χ0v) is 15.8. The van der Waals surface area contributed by atoms with E-state index >= 15 is 0 Å². The minimum atomic E-state index is -0.422. The molecule has 3 aromatic carbocycles. The maximum absolute atomic E-state index is 11.9. The third-order valence-corrected chi connectivity index (χ3v) is 4.00. The van der Waals surface area contributed by atoms with Crippen LogP contribution in [-0.4, -0.2) is 19.3 Å². The topological polar surface area (TPSA) is 47.9 Å². The highest BCUT2D eigenvalue weighted by Gasteiger charge is 2.02. The molecule has 0 heterocycles. The standard InChI is InChI=1S/C24H21NO3/c1-18-8-14-23(27-2)22(16-18)25-17-20-9-12-21(13-10-20)28-24(26)15-11-19-6-4-3-5-7-19/h3-17H,1-2H3/b15-11-,25-17?. The van der Waals surface area contributed by atoms with E-state index in [1.165, 1.54) is 6.08 Å². The van der Waals surface area contributed by atoms with Gasteiger partial charge in [-0.05, 0) is 66.1 Å². The molecule has 3 aromatic rings. The first-order valence-electron chi connectivity index (χ1n) is 8.88. The average molecular weight is 371 g/mol. The smallest absolute Gasteiger partial charge is 0.336 e. The van der Waals surface area contributed by atoms with Gasteiger partial charge in [-0.15, -0.1) is 0 Å². The third-order valence-electron chi connectivity index (χ3n) is 4.00. The van der Waals surface area contributed by atoms with Gasteiger partial charge in [0.2, 0.25) is 0 Å². The van der Waals surface area contributed by atoms with E-state index in [0.29, 0.717) is 5.75 Å². The Bertz CT molecular complexity index is 990. The van der Waals surface area contributed by atoms with Crippen molar-refractivity contribution in [1.29, 1.82) is 0 Å². The van der Waals surface area contributed by atoms with Crippen LogP contribution in [0.1, 0.15) is 16.7 Å². The molecule has 140 valence electrons. The Kier molecular flexibility index (Phi) is 6.37. The molecule has 0 atom stereocenters. The third kappa shape index (κ3) is 5.42. The molecule has 0 aliphatic heterocycles. The van der Waals surface area contributed by atoms with Gasteiger partial charge in [-0.3, -0.25) is 4.99 Å². The van der Waals surface area contributed by atoms with Gasteiger partial charge in [-0.25, -0.2) is 4.79 Å². The van der Waals surface area contributed by atoms with Crippen LogP contribution in [-0.2, 0) is 4.79 Å². The molecule has 28 heavy (non-hydrogen) atoms. The molecule has 0 bridgehead atoms. The van der Waals surface area contributed by atoms with Crippen LogP contribution >= 0.6 is 0 Å². The van der Waals surface area contributed by atoms with Crippen molar-refractivity contribution in [3.05, 3.63) is 95.6 Å². The van der Waals surface area contributed by atoms with Gasteiger partial charge in [0.15, 0.2) is 0 Å². The minimum Gasteiger partial charge on any atom is -0.494 e. The molecule has 0 saturated heterocycles. The lowest BCUT2D eigenvalue weighted by atomic mass is 10.2. The van der Waals surface area contributed by atoms with Gasteiger partial charge in [0, 0.05) is 12.3 Å². The summed E-state index contributed by atoms with van der Waals surface area (Å²) >= 11 is 0. The number of aliphatic imine (C=N–C) groups is 1. The van der Waals surface area contributed by atoms with E-state index < -0.39 is 5.97 Å². The second kappa shape index (κ2) is 9.33. The second-order valence-electron chi connectivity index (χ2n) is 6.17. The molecule has 0 fully saturated rings. The van der Waals surface area contributed by atoms with Crippen LogP contribution in [0.3, 0.4) is 0 Å². The van der Waals surface area contributed by atoms with Gasteiger partial charge in [0.05, 0.1) is 7.11 Å². The van der Waals surface area contributed by atoms with E-state index in [0.717, 1.165) is 28.1 Å². The van der Waals surface area contributed by atoms with Crippen molar-refractivity contribution in [3.63, 3.8) is 0 Å². The molecule has 4 heteroatoms. The van der Waals surface area contributed by atoms with Crippen LogP contribution in [0.4, 0.5) is 5.69 Å². The Morgan fingerprint density at radius 3 is 2.39 bits per heavy atom. The van der Waals surface area contributed by atoms with Crippen LogP contribution in [0.25, 0.3) is 6.08 Å². The summed E-state index contributed by atoms with van der Waals surface area (Å²) in [7, 11) is 1.62. The number of rotatable bonds is 6. The van der Waals surface area contributed by atoms with E-state index in [-0.39, 0.29) is 0 Å². The zero-order valence-electron chi connectivity index (χ0n) is 15.8. The van der Waals surface area contributed by atoms with Crippen molar-refractivity contribution in [2.24, 2.45) is 4.99 Å². The maximum Gasteiger partial charge on any atom is 0.336 e. The summed E-state index contributed by atoms with van der Waals surface area (Å²) < 4.78 is 10.6. The van der Waals surface area contributed by atoms with Crippen LogP contribution in [0.15, 0.2) is 83.9 Å². The zero-order chi connectivity index (χ0) is 19.8. The van der Waals surface area contributed by atoms with E-state index in [1.807, 2.05) is 67.6 Å². The maximum atomic E-state index is 11.9. The quantitative estimate of drug-likeness (QED) is 0.253. The first kappa shape index (κ1) is 19.1. The van der Waals surface area contributed by atoms with E-state index in [2.05, 4.69) is 4.99 Å². The summed E-state index contributed by atoms with van der Waals surface area (Å²) in [4.78, 5) is 16.4. The predicted molar refractivity (Wildman–Crippen MR) is 113 cm³/mol. The summed E-state index contributed by atoms with van der Waals surface area (Å²) in [6.45, 7) is 2.01. The fourth-order valence-corrected chi connectivity index (χ4v) is 2.55. The molecule has 0 N–H and O–H groups in total. The highest BCUT2D eigenvalue weighted by Crippen LogP contribution is 2.28. The Morgan fingerprint density at radius 1 is 0.929 bits per heavy atom. The highest BCUT2D eigenvalue weighted by atomic mass is 16.5. The lowest BCUT2D eigenvalue weighted by Crippen LogP contribution is -2.03. The number of carbonyl (C=O) groups is 1. The molecule has 0 aromatic heterocycles. The average Bonchev–Trinajstić information content (AvgIpc) is 2.72. The lowest BCUT2D eigenvalue weighted by Gasteiger charge is -2.05. The van der Waals surface area contributed by atoms with Crippen molar-refractivity contribution in [2.45, 2.75) is 6.92 Å². The Morgan fingerprint density at radius 2 is 1.68 bits per heavy atom. The number of nitrogens with zero attached hydrogens (tertiary/aromatic N) is 1. The summed E-state index contributed by atoms with van der Waals surface area (Å²) in [5.41, 5.74) is 3.71. The number of hydrogen-bond acceptors (Lipinski definition) is 4. The van der Waals surface area contributed by atoms with Crippen molar-refractivity contribution in [1.82, 2.24) is 0 Å². The number of methoxy groups -OCH3 is 1. The van der Waals surface area contributed by atoms with Gasteiger partial charge in [0.25, 0.3) is 0 Å². The lowest BCUT2D eigenvalue weighted by molar-refractivity contribution is -0.128. The Labute approximate surface area is 164 Å². The van der Waals surface area contributed by atoms with Crippen molar-refractivity contribution in [2.75, 3.05) is 7.11 Å². The number of esters is 1. The largest absolute Gasteiger partial charge is 0.494 e. The van der Waals surface area contributed by atoms with Crippen LogP contribution in [0.2, 0.25) is 0 Å². The molecule has 0 spiro atoms. The SMILES string of the molecule is COc1ccc(C)cc1N=Cc1ccc(OC(=O)/C=C\c2ccccc2)cc1. The highest BCUT2D eigenvalue weighted by molar-refractivity contribution is 5.89. The van der Waals surface area contributed by atoms with Crippen molar-refractivity contribution < 1.29 is 14.3 Å². The monoisotopic (exact) mass is 371 g/mol.